The number of aliphatic imine (C=N–C) groups is 1. The minimum Gasteiger partial charge on any atom is -0.508 e. The number of nitrogens with one attached hydrogen (secondary N) is 7. The molecule has 2 aliphatic heterocycles. The van der Waals surface area contributed by atoms with Crippen molar-refractivity contribution in [3.05, 3.63) is 95.6 Å². The second-order valence-corrected chi connectivity index (χ2v) is 21.9. The summed E-state index contributed by atoms with van der Waals surface area (Å²) in [6.45, 7) is 2.26. The second-order valence-electron chi connectivity index (χ2n) is 21.9. The molecule has 500 valence electrons. The molecule has 91 heavy (non-hydrogen) atoms. The summed E-state index contributed by atoms with van der Waals surface area (Å²) in [5.41, 5.74) is 7.80. The van der Waals surface area contributed by atoms with Crippen LogP contribution in [0, 0.1) is 0 Å². The molecule has 7 amide bonds. The van der Waals surface area contributed by atoms with Crippen LogP contribution < -0.4 is 47.7 Å². The van der Waals surface area contributed by atoms with E-state index in [1.165, 1.54) is 12.1 Å². The molecule has 2 fully saturated rings. The lowest BCUT2D eigenvalue weighted by atomic mass is 9.90. The highest BCUT2D eigenvalue weighted by Gasteiger charge is 2.46. The van der Waals surface area contributed by atoms with E-state index in [1.807, 2.05) is 0 Å². The number of carbonyl (C=O) groups is 9. The molecular formula is C60H87N13O18. The maximum Gasteiger partial charge on any atom is 0.344 e. The molecular weight excluding hydrogens is 1190 g/mol. The number of urea groups is 1. The van der Waals surface area contributed by atoms with Crippen molar-refractivity contribution >= 4 is 59.4 Å². The predicted octanol–water partition coefficient (Wildman–Crippen LogP) is -3.04. The van der Waals surface area contributed by atoms with E-state index in [9.17, 15) is 78.9 Å². The Hall–Kier alpha value is -8.56. The van der Waals surface area contributed by atoms with Crippen molar-refractivity contribution in [1.29, 1.82) is 0 Å². The van der Waals surface area contributed by atoms with Crippen molar-refractivity contribution in [1.82, 2.24) is 56.8 Å². The normalized spacial score (nSPS) is 19.6. The number of aliphatic hydroxyl groups is 3. The smallest absolute Gasteiger partial charge is 0.344 e. The number of hydrogen-bond acceptors (Lipinski definition) is 19. The van der Waals surface area contributed by atoms with Crippen LogP contribution >= 0.6 is 0 Å². The first kappa shape index (κ1) is 73.2. The zero-order chi connectivity index (χ0) is 66.2. The molecule has 5 rings (SSSR count). The number of hydrogen-bond donors (Lipinski definition) is 15. The molecule has 2 saturated heterocycles. The van der Waals surface area contributed by atoms with Gasteiger partial charge < -0.3 is 88.2 Å². The molecule has 0 aliphatic carbocycles. The Morgan fingerprint density at radius 2 is 1.18 bits per heavy atom. The number of rotatable bonds is 32. The molecule has 5 unspecified atom stereocenters. The van der Waals surface area contributed by atoms with E-state index in [4.69, 9.17) is 15.2 Å². The minimum absolute atomic E-state index is 0.0533. The van der Waals surface area contributed by atoms with E-state index in [2.05, 4.69) is 42.2 Å². The van der Waals surface area contributed by atoms with Crippen molar-refractivity contribution in [2.45, 2.75) is 88.1 Å². The van der Waals surface area contributed by atoms with Crippen LogP contribution in [-0.4, -0.2) is 269 Å². The Kier molecular flexibility index (Phi) is 31.3. The van der Waals surface area contributed by atoms with Gasteiger partial charge in [0.15, 0.2) is 12.1 Å². The van der Waals surface area contributed by atoms with Crippen molar-refractivity contribution in [3.8, 4) is 11.5 Å². The van der Waals surface area contributed by atoms with Crippen LogP contribution in [0.25, 0.3) is 0 Å². The van der Waals surface area contributed by atoms with Crippen molar-refractivity contribution in [2.75, 3.05) is 118 Å². The Morgan fingerprint density at radius 3 is 1.77 bits per heavy atom. The van der Waals surface area contributed by atoms with Gasteiger partial charge in [-0.05, 0) is 66.6 Å². The predicted molar refractivity (Wildman–Crippen MR) is 328 cm³/mol. The van der Waals surface area contributed by atoms with Crippen molar-refractivity contribution in [3.63, 3.8) is 0 Å². The van der Waals surface area contributed by atoms with Crippen molar-refractivity contribution in [2.24, 2.45) is 10.7 Å². The minimum atomic E-state index is -1.84. The van der Waals surface area contributed by atoms with Gasteiger partial charge in [0.25, 0.3) is 5.91 Å². The van der Waals surface area contributed by atoms with Crippen LogP contribution in [0.4, 0.5) is 4.79 Å². The average Bonchev–Trinajstić information content (AvgIpc) is 1.26. The van der Waals surface area contributed by atoms with Gasteiger partial charge in [-0.2, -0.15) is 4.99 Å². The second kappa shape index (κ2) is 38.9. The number of carboxylic acid groups (broad SMARTS) is 3. The third kappa shape index (κ3) is 26.8. The highest BCUT2D eigenvalue weighted by Crippen LogP contribution is 2.29. The van der Waals surface area contributed by atoms with Crippen LogP contribution in [-0.2, 0) is 49.6 Å². The molecule has 31 nitrogen and oxygen atoms in total. The van der Waals surface area contributed by atoms with E-state index < -0.39 is 96.6 Å². The summed E-state index contributed by atoms with van der Waals surface area (Å²) in [6.07, 6.45) is -6.88. The van der Waals surface area contributed by atoms with Crippen LogP contribution in [0.5, 0.6) is 11.5 Å². The number of unbranched alkanes of at least 4 members (excludes halogenated alkanes) is 1. The van der Waals surface area contributed by atoms with Crippen LogP contribution in [0.15, 0.2) is 83.9 Å². The molecule has 0 radical (unpaired) electrons. The summed E-state index contributed by atoms with van der Waals surface area (Å²) in [5.74, 6) is -6.47. The number of ether oxygens (including phenoxy) is 2. The fourth-order valence-electron chi connectivity index (χ4n) is 9.91. The van der Waals surface area contributed by atoms with Crippen LogP contribution in [0.3, 0.4) is 0 Å². The first-order chi connectivity index (χ1) is 43.6. The molecule has 3 aromatic rings. The molecule has 2 aliphatic rings. The summed E-state index contributed by atoms with van der Waals surface area (Å²) < 4.78 is 11.9. The Bertz CT molecular complexity index is 2840. The SMILES string of the molecule is CCC(=O)NCCNC(=O)/N=C(/N)NCCC[C@@H](NC(=O)[C@@H](c1ccccc1)c1cccc(OCCCCNC(=O)C2OC(CNC(=O)CN3CCN(CC(=O)O)CCN(CC(=O)O)CCN(CC(=O)O)CC3)C(O)C(O)C2O)c1)C(=O)NCc1ccc(O)cc1. The molecule has 2 heterocycles. The van der Waals surface area contributed by atoms with Gasteiger partial charge >= 0.3 is 23.9 Å². The molecule has 0 spiro atoms. The summed E-state index contributed by atoms with van der Waals surface area (Å²) in [5, 5.41) is 89.8. The maximum absolute atomic E-state index is 14.5. The van der Waals surface area contributed by atoms with E-state index >= 15 is 0 Å². The fraction of sp³-hybridized carbons (Fsp3) is 0.533. The highest BCUT2D eigenvalue weighted by molar-refractivity contribution is 5.93. The number of carboxylic acids is 3. The van der Waals surface area contributed by atoms with Gasteiger partial charge in [0.1, 0.15) is 42.0 Å². The lowest BCUT2D eigenvalue weighted by molar-refractivity contribution is -0.219. The molecule has 0 saturated carbocycles. The van der Waals surface area contributed by atoms with Gasteiger partial charge in [0, 0.05) is 98.0 Å². The monoisotopic (exact) mass is 1280 g/mol. The lowest BCUT2D eigenvalue weighted by Crippen LogP contribution is -2.63. The molecule has 31 heteroatoms. The number of phenolic OH excluding ortho intramolecular Hbond substituents is 1. The maximum atomic E-state index is 14.5. The van der Waals surface area contributed by atoms with Crippen molar-refractivity contribution < 1.29 is 88.4 Å². The summed E-state index contributed by atoms with van der Waals surface area (Å²) in [7, 11) is 0. The summed E-state index contributed by atoms with van der Waals surface area (Å²) >= 11 is 0. The van der Waals surface area contributed by atoms with Crippen LogP contribution in [0.2, 0.25) is 0 Å². The molecule has 3 aromatic carbocycles. The highest BCUT2D eigenvalue weighted by atomic mass is 16.5. The topological polar surface area (TPSA) is 449 Å². The summed E-state index contributed by atoms with van der Waals surface area (Å²) in [6, 6.07) is 20.3. The zero-order valence-electron chi connectivity index (χ0n) is 51.0. The number of amides is 7. The molecule has 0 aromatic heterocycles. The van der Waals surface area contributed by atoms with Gasteiger partial charge in [0.2, 0.25) is 23.6 Å². The Balaban J connectivity index is 1.14. The van der Waals surface area contributed by atoms with E-state index in [0.29, 0.717) is 48.1 Å². The number of guanidine groups is 1. The number of carbonyl (C=O) groups excluding carboxylic acids is 6. The quantitative estimate of drug-likeness (QED) is 0.0168. The average molecular weight is 1280 g/mol. The molecule has 7 atom stereocenters. The van der Waals surface area contributed by atoms with E-state index in [1.54, 1.807) is 93.3 Å². The van der Waals surface area contributed by atoms with Crippen LogP contribution in [0.1, 0.15) is 61.6 Å². The van der Waals surface area contributed by atoms with Gasteiger partial charge in [-0.25, -0.2) is 4.79 Å². The first-order valence-corrected chi connectivity index (χ1v) is 30.1. The number of aliphatic carboxylic acids is 3. The molecule has 0 bridgehead atoms. The number of nitrogens with two attached hydrogens (primary N) is 1. The fourth-order valence-corrected chi connectivity index (χ4v) is 9.91. The third-order valence-electron chi connectivity index (χ3n) is 14.8. The Labute approximate surface area is 526 Å². The lowest BCUT2D eigenvalue weighted by Gasteiger charge is -2.40. The number of nitrogens with zero attached hydrogens (tertiary/aromatic N) is 5. The zero-order valence-corrected chi connectivity index (χ0v) is 51.0. The van der Waals surface area contributed by atoms with Gasteiger partial charge in [-0.3, -0.25) is 58.0 Å². The van der Waals surface area contributed by atoms with Gasteiger partial charge in [-0.15, -0.1) is 0 Å². The van der Waals surface area contributed by atoms with Gasteiger partial charge in [0.05, 0.1) is 38.7 Å². The largest absolute Gasteiger partial charge is 0.508 e. The number of benzene rings is 3. The Morgan fingerprint density at radius 1 is 0.604 bits per heavy atom. The first-order valence-electron chi connectivity index (χ1n) is 30.1. The van der Waals surface area contributed by atoms with Gasteiger partial charge in [-0.1, -0.05) is 61.5 Å². The third-order valence-corrected chi connectivity index (χ3v) is 14.8. The van der Waals surface area contributed by atoms with E-state index in [0.717, 1.165) is 0 Å². The summed E-state index contributed by atoms with van der Waals surface area (Å²) in [4.78, 5) is 124. The molecule has 16 N–H and O–H groups in total. The number of aliphatic hydroxyl groups excluding tert-OH is 3. The van der Waals surface area contributed by atoms with E-state index in [-0.39, 0.29) is 142 Å². The number of aromatic hydroxyl groups is 1. The standard InChI is InChI=1S/C60H87N13O18/c1-2-46(75)62-21-22-65-60(89)69-59(61)64-20-9-14-44(56(86)67-33-39-15-17-42(74)18-16-39)68-57(87)51(40-10-4-3-5-11-40)41-12-8-13-43(32-41)90-31-7-6-19-63-58(88)55-54(85)53(84)52(83)45(91-55)34-66-47(76)35-70-23-25-71(36-48(77)78)27-29-73(38-50(81)82)30-28-72(26-24-70)37-49(79)80/h3-5,8,10-13,15-18,32,44-45,51-55,74,83-85H,2,6-7,9,14,19-31,33-38H2,1H3,(H,62,75)(H,63,88)(H,66,76)(H,67,86)(H,68,87)(H,77,78)(H,79,80)(H,81,82)(H4,61,64,65,69,89)/t44-,45?,51+,52?,53?,54?,55?/m1/s1. The number of phenols is 1.